The van der Waals surface area contributed by atoms with Gasteiger partial charge in [-0.1, -0.05) is 12.8 Å². The Morgan fingerprint density at radius 1 is 1.02 bits per heavy atom. The summed E-state index contributed by atoms with van der Waals surface area (Å²) in [5, 5.41) is 9.85. The zero-order valence-electron chi connectivity index (χ0n) is 24.2. The van der Waals surface area contributed by atoms with Gasteiger partial charge in [-0.2, -0.15) is 5.10 Å². The number of aromatic amines is 2. The molecule has 7 rings (SSSR count). The molecule has 1 unspecified atom stereocenters. The van der Waals surface area contributed by atoms with Crippen LogP contribution in [-0.2, 0) is 14.6 Å². The third-order valence-electron chi connectivity index (χ3n) is 8.22. The number of rotatable bonds is 7. The van der Waals surface area contributed by atoms with Crippen molar-refractivity contribution in [1.82, 2.24) is 30.1 Å². The largest absolute Gasteiger partial charge is 0.353 e. The number of anilines is 1. The van der Waals surface area contributed by atoms with E-state index in [9.17, 15) is 17.6 Å². The lowest BCUT2D eigenvalue weighted by Gasteiger charge is -2.12. The molecule has 1 amide bonds. The summed E-state index contributed by atoms with van der Waals surface area (Å²) in [6.07, 6.45) is 9.90. The second-order valence-electron chi connectivity index (χ2n) is 11.4. The fourth-order valence-corrected chi connectivity index (χ4v) is 6.53. The molecule has 1 aliphatic rings. The lowest BCUT2D eigenvalue weighted by Crippen LogP contribution is -2.20. The average molecular weight is 625 g/mol. The van der Waals surface area contributed by atoms with Crippen LogP contribution in [0.4, 0.5) is 10.1 Å². The molecule has 0 radical (unpaired) electrons. The van der Waals surface area contributed by atoms with Crippen LogP contribution >= 0.6 is 0 Å². The molecule has 1 aliphatic carbocycles. The zero-order valence-corrected chi connectivity index (χ0v) is 25.0. The number of hydrogen-bond donors (Lipinski definition) is 4. The average Bonchev–Trinajstić information content (AvgIpc) is 3.79. The minimum Gasteiger partial charge on any atom is -0.353 e. The zero-order chi connectivity index (χ0) is 31.3. The van der Waals surface area contributed by atoms with Crippen LogP contribution in [0.2, 0.25) is 0 Å². The molecule has 11 nitrogen and oxygen atoms in total. The number of H-pyrrole nitrogens is 2. The van der Waals surface area contributed by atoms with Gasteiger partial charge in [-0.15, -0.1) is 0 Å². The molecule has 0 spiro atoms. The molecule has 6 aromatic rings. The van der Waals surface area contributed by atoms with Crippen molar-refractivity contribution in [2.24, 2.45) is 11.7 Å². The summed E-state index contributed by atoms with van der Waals surface area (Å²) in [6, 6.07) is 13.2. The number of pyridine rings is 3. The Bertz CT molecular complexity index is 2210. The molecule has 5 N–H and O–H groups in total. The Morgan fingerprint density at radius 3 is 2.64 bits per heavy atom. The summed E-state index contributed by atoms with van der Waals surface area (Å²) < 4.78 is 38.8. The van der Waals surface area contributed by atoms with E-state index in [1.165, 1.54) is 6.07 Å². The van der Waals surface area contributed by atoms with Crippen molar-refractivity contribution >= 4 is 43.4 Å². The Hall–Kier alpha value is -5.01. The number of hydrogen-bond acceptors (Lipinski definition) is 8. The maximum Gasteiger partial charge on any atom is 0.227 e. The van der Waals surface area contributed by atoms with Crippen LogP contribution < -0.4 is 11.1 Å². The summed E-state index contributed by atoms with van der Waals surface area (Å²) in [7, 11) is -3.65. The van der Waals surface area contributed by atoms with Crippen LogP contribution in [0.1, 0.15) is 36.6 Å². The Morgan fingerprint density at radius 2 is 1.84 bits per heavy atom. The molecule has 1 saturated carbocycles. The van der Waals surface area contributed by atoms with Gasteiger partial charge in [0.2, 0.25) is 5.91 Å². The molecule has 228 valence electrons. The first-order valence-corrected chi connectivity index (χ1v) is 16.4. The van der Waals surface area contributed by atoms with E-state index in [-0.39, 0.29) is 17.4 Å². The van der Waals surface area contributed by atoms with E-state index in [4.69, 9.17) is 10.7 Å². The molecule has 0 aliphatic heterocycles. The maximum atomic E-state index is 14.7. The molecule has 45 heavy (non-hydrogen) atoms. The molecular formula is C32H29FN8O3S. The number of nitrogens with two attached hydrogens (primary N) is 1. The van der Waals surface area contributed by atoms with Crippen molar-refractivity contribution in [3.05, 3.63) is 78.5 Å². The molecule has 1 atom stereocenters. The molecule has 1 fully saturated rings. The molecule has 0 bridgehead atoms. The highest BCUT2D eigenvalue weighted by atomic mass is 32.2. The quantitative estimate of drug-likeness (QED) is 0.180. The van der Waals surface area contributed by atoms with Gasteiger partial charge in [-0.05, 0) is 66.9 Å². The van der Waals surface area contributed by atoms with E-state index < -0.39 is 21.0 Å². The fourth-order valence-electron chi connectivity index (χ4n) is 5.90. The minimum atomic E-state index is -3.65. The van der Waals surface area contributed by atoms with Crippen LogP contribution in [0, 0.1) is 11.7 Å². The van der Waals surface area contributed by atoms with Gasteiger partial charge in [0, 0.05) is 46.6 Å². The van der Waals surface area contributed by atoms with Crippen molar-refractivity contribution in [3.8, 4) is 33.9 Å². The second-order valence-corrected chi connectivity index (χ2v) is 13.6. The van der Waals surface area contributed by atoms with Crippen molar-refractivity contribution in [3.63, 3.8) is 0 Å². The van der Waals surface area contributed by atoms with Crippen LogP contribution in [0.25, 0.3) is 55.8 Å². The smallest absolute Gasteiger partial charge is 0.227 e. The first kappa shape index (κ1) is 28.7. The molecule has 5 aromatic heterocycles. The van der Waals surface area contributed by atoms with Gasteiger partial charge in [0.25, 0.3) is 0 Å². The lowest BCUT2D eigenvalue weighted by molar-refractivity contribution is -0.119. The number of halogens is 1. The number of fused-ring (bicyclic) bond motifs is 2. The number of amides is 1. The lowest BCUT2D eigenvalue weighted by atomic mass is 10.0. The number of carbonyl (C=O) groups excluding carboxylic acids is 1. The number of carbonyl (C=O) groups is 1. The van der Waals surface area contributed by atoms with Crippen LogP contribution in [0.3, 0.4) is 0 Å². The third kappa shape index (κ3) is 5.56. The van der Waals surface area contributed by atoms with Crippen molar-refractivity contribution in [1.29, 1.82) is 0 Å². The fraction of sp³-hybridized carbons (Fsp3) is 0.219. The number of benzene rings is 1. The summed E-state index contributed by atoms with van der Waals surface area (Å²) in [5.74, 6) is -0.563. The summed E-state index contributed by atoms with van der Waals surface area (Å²) in [5.41, 5.74) is 12.2. The van der Waals surface area contributed by atoms with Crippen LogP contribution in [0.5, 0.6) is 0 Å². The molecule has 13 heteroatoms. The number of sulfone groups is 1. The monoisotopic (exact) mass is 624 g/mol. The Labute approximate surface area is 257 Å². The molecule has 0 saturated heterocycles. The Kier molecular flexibility index (Phi) is 7.13. The summed E-state index contributed by atoms with van der Waals surface area (Å²) in [6.45, 7) is 0. The number of nitrogens with one attached hydrogen (secondary N) is 3. The molecule has 5 heterocycles. The van der Waals surface area contributed by atoms with Gasteiger partial charge in [0.1, 0.15) is 22.4 Å². The highest BCUT2D eigenvalue weighted by Gasteiger charge is 2.23. The number of aromatic nitrogens is 6. The van der Waals surface area contributed by atoms with E-state index in [2.05, 4.69) is 30.5 Å². The molecular weight excluding hydrogens is 595 g/mol. The van der Waals surface area contributed by atoms with Crippen molar-refractivity contribution in [2.75, 3.05) is 11.6 Å². The standard InChI is InChI=1S/C32H29FN8O3S/c1-45(43,44)31(34)19-10-18(11-21(33)12-19)28-23-14-27(38-25(23)8-9-36-28)30-29-26(40-41-30)7-6-24(39-29)20-13-22(16-35-15-20)37-32(42)17-4-2-3-5-17/h6-17,31,38H,2-5,34H2,1H3,(H,37,42)(H,40,41). The highest BCUT2D eigenvalue weighted by molar-refractivity contribution is 7.90. The summed E-state index contributed by atoms with van der Waals surface area (Å²) >= 11 is 0. The normalized spacial score (nSPS) is 14.7. The van der Waals surface area contributed by atoms with Crippen molar-refractivity contribution in [2.45, 2.75) is 31.1 Å². The van der Waals surface area contributed by atoms with Gasteiger partial charge in [0.05, 0.1) is 34.5 Å². The first-order valence-electron chi connectivity index (χ1n) is 14.5. The van der Waals surface area contributed by atoms with Gasteiger partial charge >= 0.3 is 0 Å². The predicted octanol–water partition coefficient (Wildman–Crippen LogP) is 5.50. The molecule has 1 aromatic carbocycles. The highest BCUT2D eigenvalue weighted by Crippen LogP contribution is 2.35. The van der Waals surface area contributed by atoms with Crippen molar-refractivity contribution < 1.29 is 17.6 Å². The number of nitrogens with zero attached hydrogens (tertiary/aromatic N) is 4. The van der Waals surface area contributed by atoms with Gasteiger partial charge < -0.3 is 16.0 Å². The second kappa shape index (κ2) is 11.2. The van der Waals surface area contributed by atoms with Gasteiger partial charge in [0.15, 0.2) is 9.84 Å². The predicted molar refractivity (Wildman–Crippen MR) is 170 cm³/mol. The SMILES string of the molecule is CS(=O)(=O)C(N)c1cc(F)cc(-c2nccc3[nH]c(-c4n[nH]c5ccc(-c6cncc(NC(=O)C7CCCC7)c6)nc45)cc23)c1. The van der Waals surface area contributed by atoms with E-state index >= 15 is 0 Å². The van der Waals surface area contributed by atoms with E-state index in [0.29, 0.717) is 50.4 Å². The topological polar surface area (TPSA) is 172 Å². The van der Waals surface area contributed by atoms with Crippen LogP contribution in [0.15, 0.2) is 67.1 Å². The van der Waals surface area contributed by atoms with E-state index in [0.717, 1.165) is 49.1 Å². The van der Waals surface area contributed by atoms with E-state index in [1.54, 1.807) is 30.7 Å². The third-order valence-corrected chi connectivity index (χ3v) is 9.42. The van der Waals surface area contributed by atoms with Gasteiger partial charge in [-0.3, -0.25) is 19.9 Å². The minimum absolute atomic E-state index is 0.0207. The maximum absolute atomic E-state index is 14.7. The summed E-state index contributed by atoms with van der Waals surface area (Å²) in [4.78, 5) is 29.7. The Balaban J connectivity index is 1.25. The van der Waals surface area contributed by atoms with Crippen LogP contribution in [-0.4, -0.2) is 50.7 Å². The van der Waals surface area contributed by atoms with E-state index in [1.807, 2.05) is 24.3 Å². The van der Waals surface area contributed by atoms with Gasteiger partial charge in [-0.25, -0.2) is 17.8 Å². The first-order chi connectivity index (χ1) is 21.6.